The smallest absolute Gasteiger partial charge is 0.0595 e. The number of hydrogen-bond acceptors (Lipinski definition) is 1. The molecule has 1 N–H and O–H groups in total. The maximum Gasteiger partial charge on any atom is 0.0595 e. The van der Waals surface area contributed by atoms with E-state index >= 15 is 0 Å². The molecule has 0 heterocycles. The van der Waals surface area contributed by atoms with Crippen molar-refractivity contribution in [2.24, 2.45) is 0 Å². The van der Waals surface area contributed by atoms with Gasteiger partial charge in [0, 0.05) is 5.38 Å². The third-order valence-corrected chi connectivity index (χ3v) is 1.27. The molecular weight excluding hydrogens is 147 g/mol. The molecule has 0 saturated carbocycles. The van der Waals surface area contributed by atoms with Crippen molar-refractivity contribution in [2.75, 3.05) is 6.61 Å². The molecule has 0 radical (unpaired) electrons. The van der Waals surface area contributed by atoms with Crippen LogP contribution in [0.5, 0.6) is 0 Å². The Hall–Kier alpha value is 0.540. The third kappa shape index (κ3) is 4.69. The lowest BCUT2D eigenvalue weighted by Gasteiger charge is -2.05. The first-order valence-electron chi connectivity index (χ1n) is 2.55. The molecule has 0 bridgehead atoms. The van der Waals surface area contributed by atoms with E-state index < -0.39 is 0 Å². The number of rotatable bonds is 3. The first-order chi connectivity index (χ1) is 3.66. The highest BCUT2D eigenvalue weighted by atomic mass is 35.5. The second-order valence-electron chi connectivity index (χ2n) is 1.80. The number of aliphatic hydroxyl groups excluding tert-OH is 1. The Labute approximate surface area is 59.6 Å². The summed E-state index contributed by atoms with van der Waals surface area (Å²) in [4.78, 5) is 0. The molecule has 0 saturated heterocycles. The van der Waals surface area contributed by atoms with Crippen LogP contribution in [0.4, 0.5) is 0 Å². The largest absolute Gasteiger partial charge is 0.395 e. The van der Waals surface area contributed by atoms with Gasteiger partial charge in [-0.05, 0) is 13.3 Å². The summed E-state index contributed by atoms with van der Waals surface area (Å²) in [5.41, 5.74) is 0. The summed E-state index contributed by atoms with van der Waals surface area (Å²) >= 11 is 11.1. The predicted molar refractivity (Wildman–Crippen MR) is 36.7 cm³/mol. The van der Waals surface area contributed by atoms with Crippen molar-refractivity contribution in [1.29, 1.82) is 0 Å². The summed E-state index contributed by atoms with van der Waals surface area (Å²) in [7, 11) is 0. The molecule has 0 rings (SSSR count). The maximum atomic E-state index is 8.39. The Bertz CT molecular complexity index is 56.4. The van der Waals surface area contributed by atoms with Gasteiger partial charge in [0.15, 0.2) is 0 Å². The Morgan fingerprint density at radius 2 is 2.00 bits per heavy atom. The van der Waals surface area contributed by atoms with Crippen LogP contribution < -0.4 is 0 Å². The quantitative estimate of drug-likeness (QED) is 0.617. The lowest BCUT2D eigenvalue weighted by atomic mass is 10.2. The molecule has 0 amide bonds. The summed E-state index contributed by atoms with van der Waals surface area (Å²) in [5.74, 6) is 0. The topological polar surface area (TPSA) is 20.2 Å². The van der Waals surface area contributed by atoms with Crippen LogP contribution in [0.25, 0.3) is 0 Å². The van der Waals surface area contributed by atoms with E-state index in [0.29, 0.717) is 6.42 Å². The van der Waals surface area contributed by atoms with Gasteiger partial charge in [0.1, 0.15) is 0 Å². The van der Waals surface area contributed by atoms with Crippen LogP contribution >= 0.6 is 23.2 Å². The highest BCUT2D eigenvalue weighted by molar-refractivity contribution is 6.23. The summed E-state index contributed by atoms with van der Waals surface area (Å²) in [6.07, 6.45) is 0.666. The van der Waals surface area contributed by atoms with Crippen LogP contribution in [0.2, 0.25) is 0 Å². The van der Waals surface area contributed by atoms with Crippen molar-refractivity contribution in [1.82, 2.24) is 0 Å². The van der Waals surface area contributed by atoms with Crippen molar-refractivity contribution in [3.8, 4) is 0 Å². The molecule has 0 aromatic heterocycles. The molecule has 0 aliphatic carbocycles. The van der Waals surface area contributed by atoms with E-state index in [1.165, 1.54) is 0 Å². The Kier molecular flexibility index (Phi) is 4.72. The summed E-state index contributed by atoms with van der Waals surface area (Å²) in [6, 6.07) is 0. The normalized spacial score (nSPS) is 18.0. The summed E-state index contributed by atoms with van der Waals surface area (Å²) in [5, 5.41) is 8.27. The van der Waals surface area contributed by atoms with E-state index in [-0.39, 0.29) is 17.4 Å². The minimum absolute atomic E-state index is 0.0125. The number of aliphatic hydroxyl groups is 1. The monoisotopic (exact) mass is 156 g/mol. The average molecular weight is 157 g/mol. The molecule has 0 spiro atoms. The van der Waals surface area contributed by atoms with Crippen LogP contribution in [-0.4, -0.2) is 22.5 Å². The zero-order valence-electron chi connectivity index (χ0n) is 4.77. The van der Waals surface area contributed by atoms with Gasteiger partial charge in [-0.15, -0.1) is 23.2 Å². The van der Waals surface area contributed by atoms with Gasteiger partial charge in [0.2, 0.25) is 0 Å². The highest BCUT2D eigenvalue weighted by Gasteiger charge is 2.05. The van der Waals surface area contributed by atoms with Crippen LogP contribution in [0.1, 0.15) is 13.3 Å². The van der Waals surface area contributed by atoms with Crippen LogP contribution in [0.3, 0.4) is 0 Å². The van der Waals surface area contributed by atoms with Gasteiger partial charge in [-0.1, -0.05) is 0 Å². The minimum Gasteiger partial charge on any atom is -0.395 e. The fraction of sp³-hybridized carbons (Fsp3) is 1.00. The lowest BCUT2D eigenvalue weighted by molar-refractivity contribution is 0.288. The van der Waals surface area contributed by atoms with Crippen LogP contribution in [-0.2, 0) is 0 Å². The minimum atomic E-state index is -0.178. The van der Waals surface area contributed by atoms with E-state index in [1.54, 1.807) is 0 Å². The molecule has 0 aliphatic heterocycles. The average Bonchev–Trinajstić information content (AvgIpc) is 1.65. The fourth-order valence-electron chi connectivity index (χ4n) is 0.427. The van der Waals surface area contributed by atoms with Gasteiger partial charge < -0.3 is 5.11 Å². The molecule has 0 aromatic carbocycles. The van der Waals surface area contributed by atoms with Gasteiger partial charge in [-0.2, -0.15) is 0 Å². The Morgan fingerprint density at radius 3 is 2.12 bits per heavy atom. The van der Waals surface area contributed by atoms with Gasteiger partial charge >= 0.3 is 0 Å². The molecule has 1 nitrogen and oxygen atoms in total. The Morgan fingerprint density at radius 1 is 1.50 bits per heavy atom. The number of alkyl halides is 2. The molecule has 2 atom stereocenters. The van der Waals surface area contributed by atoms with E-state index in [1.807, 2.05) is 6.92 Å². The lowest BCUT2D eigenvalue weighted by Crippen LogP contribution is -2.09. The van der Waals surface area contributed by atoms with Gasteiger partial charge in [0.25, 0.3) is 0 Å². The number of hydrogen-bond donors (Lipinski definition) is 1. The van der Waals surface area contributed by atoms with Gasteiger partial charge in [-0.3, -0.25) is 0 Å². The van der Waals surface area contributed by atoms with E-state index in [9.17, 15) is 0 Å². The second-order valence-corrected chi connectivity index (χ2v) is 3.16. The predicted octanol–water partition coefficient (Wildman–Crippen LogP) is 1.60. The van der Waals surface area contributed by atoms with Gasteiger partial charge in [0.05, 0.1) is 12.0 Å². The van der Waals surface area contributed by atoms with Crippen molar-refractivity contribution in [3.05, 3.63) is 0 Å². The molecule has 2 unspecified atom stereocenters. The zero-order chi connectivity index (χ0) is 6.57. The van der Waals surface area contributed by atoms with E-state index in [0.717, 1.165) is 0 Å². The number of halogens is 2. The zero-order valence-corrected chi connectivity index (χ0v) is 6.28. The van der Waals surface area contributed by atoms with E-state index in [2.05, 4.69) is 0 Å². The maximum absolute atomic E-state index is 8.39. The summed E-state index contributed by atoms with van der Waals surface area (Å²) < 4.78 is 0. The third-order valence-electron chi connectivity index (χ3n) is 0.779. The van der Waals surface area contributed by atoms with E-state index in [4.69, 9.17) is 28.3 Å². The first kappa shape index (κ1) is 8.54. The van der Waals surface area contributed by atoms with Crippen LogP contribution in [0.15, 0.2) is 0 Å². The highest BCUT2D eigenvalue weighted by Crippen LogP contribution is 2.08. The van der Waals surface area contributed by atoms with Crippen molar-refractivity contribution < 1.29 is 5.11 Å². The van der Waals surface area contributed by atoms with Crippen LogP contribution in [0, 0.1) is 0 Å². The van der Waals surface area contributed by atoms with Crippen molar-refractivity contribution >= 4 is 23.2 Å². The second kappa shape index (κ2) is 4.42. The molecule has 0 aromatic rings. The van der Waals surface area contributed by atoms with Crippen molar-refractivity contribution in [2.45, 2.75) is 24.1 Å². The first-order valence-corrected chi connectivity index (χ1v) is 3.43. The molecule has 3 heteroatoms. The molecule has 0 fully saturated rings. The molecule has 8 heavy (non-hydrogen) atoms. The summed E-state index contributed by atoms with van der Waals surface area (Å²) in [6.45, 7) is 1.87. The Balaban J connectivity index is 3.10. The van der Waals surface area contributed by atoms with Crippen molar-refractivity contribution in [3.63, 3.8) is 0 Å². The molecular formula is C5H10Cl2O. The standard InChI is InChI=1S/C5H10Cl2O/c1-4(6)2-5(7)3-8/h4-5,8H,2-3H2,1H3. The molecule has 50 valence electrons. The molecule has 0 aliphatic rings. The SMILES string of the molecule is CC(Cl)CC(Cl)CO. The van der Waals surface area contributed by atoms with Gasteiger partial charge in [-0.25, -0.2) is 0 Å². The fourth-order valence-corrected chi connectivity index (χ4v) is 1.00.